The van der Waals surface area contributed by atoms with Gasteiger partial charge >= 0.3 is 10.1 Å². The average molecular weight is 327 g/mol. The number of nitrogens with zero attached hydrogens (tertiary/aromatic N) is 1. The number of hydrogen-bond donors (Lipinski definition) is 0. The molecule has 1 aromatic carbocycles. The Morgan fingerprint density at radius 1 is 1.23 bits per heavy atom. The molecular weight excluding hydrogens is 302 g/mol. The number of rotatable bonds is 7. The minimum atomic E-state index is -3.60. The molecule has 0 spiro atoms. The quantitative estimate of drug-likeness (QED) is 0.722. The van der Waals surface area contributed by atoms with E-state index in [9.17, 15) is 13.2 Å². The van der Waals surface area contributed by atoms with Gasteiger partial charge in [-0.2, -0.15) is 8.42 Å². The molecule has 1 amide bonds. The van der Waals surface area contributed by atoms with Gasteiger partial charge in [0.2, 0.25) is 5.91 Å². The third-order valence-corrected chi connectivity index (χ3v) is 3.94. The van der Waals surface area contributed by atoms with Crippen LogP contribution in [0.1, 0.15) is 39.7 Å². The van der Waals surface area contributed by atoms with E-state index >= 15 is 0 Å². The van der Waals surface area contributed by atoms with Crippen molar-refractivity contribution in [1.82, 2.24) is 4.90 Å². The van der Waals surface area contributed by atoms with Crippen molar-refractivity contribution in [2.75, 3.05) is 6.26 Å². The summed E-state index contributed by atoms with van der Waals surface area (Å²) in [6.07, 6.45) is 1.84. The lowest BCUT2D eigenvalue weighted by molar-refractivity contribution is -0.137. The van der Waals surface area contributed by atoms with E-state index in [4.69, 9.17) is 4.18 Å². The highest BCUT2D eigenvalue weighted by Gasteiger charge is 2.23. The molecule has 0 aliphatic heterocycles. The van der Waals surface area contributed by atoms with Gasteiger partial charge in [0.15, 0.2) is 0 Å². The van der Waals surface area contributed by atoms with Crippen molar-refractivity contribution < 1.29 is 17.4 Å². The lowest BCUT2D eigenvalue weighted by Crippen LogP contribution is -2.40. The van der Waals surface area contributed by atoms with E-state index in [2.05, 4.69) is 0 Å². The molecule has 0 aromatic heterocycles. The van der Waals surface area contributed by atoms with Gasteiger partial charge in [-0.3, -0.25) is 4.79 Å². The van der Waals surface area contributed by atoms with Crippen LogP contribution in [-0.2, 0) is 21.5 Å². The number of carbonyl (C=O) groups is 1. The summed E-state index contributed by atoms with van der Waals surface area (Å²) in [5.41, 5.74) is 0.683. The van der Waals surface area contributed by atoms with Crippen LogP contribution < -0.4 is 4.18 Å². The Bertz CT molecular complexity index is 610. The van der Waals surface area contributed by atoms with E-state index in [1.807, 2.05) is 27.7 Å². The average Bonchev–Trinajstić information content (AvgIpc) is 2.43. The largest absolute Gasteiger partial charge is 0.382 e. The van der Waals surface area contributed by atoms with Gasteiger partial charge in [-0.05, 0) is 19.4 Å². The van der Waals surface area contributed by atoms with Gasteiger partial charge in [0.05, 0.1) is 6.26 Å². The number of benzene rings is 1. The fraction of sp³-hybridized carbons (Fsp3) is 0.562. The molecule has 1 atom stereocenters. The second-order valence-corrected chi connectivity index (χ2v) is 7.35. The minimum absolute atomic E-state index is 0.0449. The Balaban J connectivity index is 3.11. The Hall–Kier alpha value is -1.56. The van der Waals surface area contributed by atoms with Crippen molar-refractivity contribution in [3.8, 4) is 5.75 Å². The van der Waals surface area contributed by atoms with E-state index in [-0.39, 0.29) is 23.6 Å². The molecule has 0 aliphatic carbocycles. The van der Waals surface area contributed by atoms with E-state index in [1.54, 1.807) is 29.2 Å². The zero-order valence-electron chi connectivity index (χ0n) is 13.9. The van der Waals surface area contributed by atoms with Crippen molar-refractivity contribution in [2.45, 2.75) is 46.7 Å². The van der Waals surface area contributed by atoms with E-state index in [0.717, 1.165) is 12.7 Å². The summed E-state index contributed by atoms with van der Waals surface area (Å²) in [6.45, 7) is 8.05. The lowest BCUT2D eigenvalue weighted by Gasteiger charge is -2.30. The summed E-state index contributed by atoms with van der Waals surface area (Å²) < 4.78 is 27.8. The highest BCUT2D eigenvalue weighted by molar-refractivity contribution is 7.86. The first-order valence-corrected chi connectivity index (χ1v) is 9.25. The molecule has 5 nitrogen and oxygen atoms in total. The Morgan fingerprint density at radius 3 is 2.32 bits per heavy atom. The maximum absolute atomic E-state index is 12.4. The molecule has 0 aliphatic rings. The van der Waals surface area contributed by atoms with Gasteiger partial charge in [-0.15, -0.1) is 0 Å². The van der Waals surface area contributed by atoms with Crippen LogP contribution in [0.2, 0.25) is 0 Å². The van der Waals surface area contributed by atoms with Crippen LogP contribution in [0.25, 0.3) is 0 Å². The predicted octanol–water partition coefficient (Wildman–Crippen LogP) is 2.81. The molecule has 1 rings (SSSR count). The van der Waals surface area contributed by atoms with Crippen LogP contribution in [0, 0.1) is 5.92 Å². The smallest absolute Gasteiger partial charge is 0.306 e. The molecule has 0 saturated heterocycles. The van der Waals surface area contributed by atoms with Gasteiger partial charge < -0.3 is 9.08 Å². The number of para-hydroxylation sites is 1. The molecule has 22 heavy (non-hydrogen) atoms. The first kappa shape index (κ1) is 18.5. The predicted molar refractivity (Wildman–Crippen MR) is 87.1 cm³/mol. The van der Waals surface area contributed by atoms with Crippen LogP contribution in [0.15, 0.2) is 24.3 Å². The highest BCUT2D eigenvalue weighted by atomic mass is 32.2. The molecule has 0 bridgehead atoms. The van der Waals surface area contributed by atoms with Crippen LogP contribution >= 0.6 is 0 Å². The van der Waals surface area contributed by atoms with Crippen molar-refractivity contribution in [1.29, 1.82) is 0 Å². The molecule has 0 radical (unpaired) electrons. The molecular formula is C16H25NO4S. The Kier molecular flexibility index (Phi) is 6.41. The number of amides is 1. The molecule has 0 unspecified atom stereocenters. The second kappa shape index (κ2) is 7.63. The standard InChI is InChI=1S/C16H25NO4S/c1-6-13(4)17(16(18)12(2)3)11-14-9-7-8-10-15(14)21-22(5,19)20/h7-10,12-13H,6,11H2,1-5H3/t13-/m1/s1. The first-order valence-electron chi connectivity index (χ1n) is 7.43. The van der Waals surface area contributed by atoms with Crippen molar-refractivity contribution in [2.24, 2.45) is 5.92 Å². The summed E-state index contributed by atoms with van der Waals surface area (Å²) in [7, 11) is -3.60. The van der Waals surface area contributed by atoms with Crippen LogP contribution in [-0.4, -0.2) is 31.5 Å². The minimum Gasteiger partial charge on any atom is -0.382 e. The van der Waals surface area contributed by atoms with Crippen molar-refractivity contribution in [3.05, 3.63) is 29.8 Å². The van der Waals surface area contributed by atoms with Gasteiger partial charge in [0, 0.05) is 24.1 Å². The van der Waals surface area contributed by atoms with Crippen molar-refractivity contribution >= 4 is 16.0 Å². The maximum atomic E-state index is 12.4. The summed E-state index contributed by atoms with van der Waals surface area (Å²) in [4.78, 5) is 14.2. The van der Waals surface area contributed by atoms with Gasteiger partial charge in [-0.1, -0.05) is 39.0 Å². The summed E-state index contributed by atoms with van der Waals surface area (Å²) >= 11 is 0. The van der Waals surface area contributed by atoms with Crippen LogP contribution in [0.5, 0.6) is 5.75 Å². The van der Waals surface area contributed by atoms with Gasteiger partial charge in [-0.25, -0.2) is 0 Å². The van der Waals surface area contributed by atoms with Crippen LogP contribution in [0.3, 0.4) is 0 Å². The molecule has 1 aromatic rings. The molecule has 124 valence electrons. The summed E-state index contributed by atoms with van der Waals surface area (Å²) in [5.74, 6) is 0.204. The maximum Gasteiger partial charge on any atom is 0.306 e. The molecule has 0 fully saturated rings. The summed E-state index contributed by atoms with van der Waals surface area (Å²) in [6, 6.07) is 6.97. The zero-order chi connectivity index (χ0) is 16.9. The molecule has 0 N–H and O–H groups in total. The normalized spacial score (nSPS) is 13.0. The molecule has 0 saturated carbocycles. The number of hydrogen-bond acceptors (Lipinski definition) is 4. The Morgan fingerprint density at radius 2 is 1.82 bits per heavy atom. The van der Waals surface area contributed by atoms with E-state index in [1.165, 1.54) is 0 Å². The van der Waals surface area contributed by atoms with E-state index < -0.39 is 10.1 Å². The lowest BCUT2D eigenvalue weighted by atomic mass is 10.1. The third-order valence-electron chi connectivity index (χ3n) is 3.45. The molecule has 6 heteroatoms. The summed E-state index contributed by atoms with van der Waals surface area (Å²) in [5, 5.41) is 0. The topological polar surface area (TPSA) is 63.7 Å². The Labute approximate surface area is 133 Å². The van der Waals surface area contributed by atoms with Gasteiger partial charge in [0.25, 0.3) is 0 Å². The fourth-order valence-corrected chi connectivity index (χ4v) is 2.55. The van der Waals surface area contributed by atoms with Crippen molar-refractivity contribution in [3.63, 3.8) is 0 Å². The monoisotopic (exact) mass is 327 g/mol. The molecule has 0 heterocycles. The van der Waals surface area contributed by atoms with E-state index in [0.29, 0.717) is 12.1 Å². The van der Waals surface area contributed by atoms with Gasteiger partial charge in [0.1, 0.15) is 5.75 Å². The first-order chi connectivity index (χ1) is 10.2. The SMILES string of the molecule is CC[C@@H](C)N(Cc1ccccc1OS(C)(=O)=O)C(=O)C(C)C. The fourth-order valence-electron chi connectivity index (χ4n) is 2.07. The second-order valence-electron chi connectivity index (χ2n) is 5.77. The highest BCUT2D eigenvalue weighted by Crippen LogP contribution is 2.23. The number of carbonyl (C=O) groups excluding carboxylic acids is 1. The third kappa shape index (κ3) is 5.33. The zero-order valence-corrected chi connectivity index (χ0v) is 14.7. The van der Waals surface area contributed by atoms with Crippen LogP contribution in [0.4, 0.5) is 0 Å².